The quantitative estimate of drug-likeness (QED) is 0.750. The molecular weight excluding hydrogens is 224 g/mol. The van der Waals surface area contributed by atoms with Gasteiger partial charge < -0.3 is 4.74 Å². The number of nitrogens with zero attached hydrogens (tertiary/aromatic N) is 2. The predicted molar refractivity (Wildman–Crippen MR) is 65.2 cm³/mol. The van der Waals surface area contributed by atoms with Crippen molar-refractivity contribution in [2.75, 3.05) is 7.11 Å². The molecule has 0 fully saturated rings. The minimum atomic E-state index is 0.268. The van der Waals surface area contributed by atoms with Crippen molar-refractivity contribution in [1.82, 2.24) is 9.97 Å². The van der Waals surface area contributed by atoms with Gasteiger partial charge in [0.05, 0.1) is 12.6 Å². The molecule has 0 radical (unpaired) electrons. The second-order valence-corrected chi connectivity index (χ2v) is 4.27. The van der Waals surface area contributed by atoms with Crippen molar-refractivity contribution < 1.29 is 4.74 Å². The lowest BCUT2D eigenvalue weighted by atomic mass is 10.2. The first-order valence-electron chi connectivity index (χ1n) is 5.13. The summed E-state index contributed by atoms with van der Waals surface area (Å²) in [5.74, 6) is 1.79. The first-order valence-corrected chi connectivity index (χ1v) is 5.51. The van der Waals surface area contributed by atoms with Crippen LogP contribution in [-0.2, 0) is 0 Å². The lowest BCUT2D eigenvalue weighted by molar-refractivity contribution is 0.415. The van der Waals surface area contributed by atoms with Gasteiger partial charge in [0, 0.05) is 11.3 Å². The average molecular weight is 237 g/mol. The van der Waals surface area contributed by atoms with Gasteiger partial charge in [-0.15, -0.1) is 0 Å². The zero-order valence-corrected chi connectivity index (χ0v) is 10.2. The fourth-order valence-electron chi connectivity index (χ4n) is 1.47. The molecule has 0 bridgehead atoms. The van der Waals surface area contributed by atoms with Crippen molar-refractivity contribution >= 4 is 22.5 Å². The van der Waals surface area contributed by atoms with Crippen molar-refractivity contribution in [3.8, 4) is 5.75 Å². The summed E-state index contributed by atoms with van der Waals surface area (Å²) in [4.78, 5) is 8.73. The molecule has 1 heterocycles. The molecule has 4 heteroatoms. The predicted octanol–water partition coefficient (Wildman–Crippen LogP) is 3.42. The maximum absolute atomic E-state index is 6.13. The Balaban J connectivity index is 2.66. The van der Waals surface area contributed by atoms with Crippen LogP contribution in [0.3, 0.4) is 0 Å². The number of halogens is 1. The summed E-state index contributed by atoms with van der Waals surface area (Å²) in [6.07, 6.45) is 0. The van der Waals surface area contributed by atoms with E-state index in [1.807, 2.05) is 32.0 Å². The molecule has 2 aromatic rings. The van der Waals surface area contributed by atoms with Crippen LogP contribution >= 0.6 is 11.6 Å². The first-order chi connectivity index (χ1) is 7.61. The third-order valence-electron chi connectivity index (χ3n) is 2.39. The van der Waals surface area contributed by atoms with E-state index in [9.17, 15) is 0 Å². The number of aromatic nitrogens is 2. The molecule has 0 N–H and O–H groups in total. The van der Waals surface area contributed by atoms with Crippen molar-refractivity contribution in [3.05, 3.63) is 29.2 Å². The van der Waals surface area contributed by atoms with Crippen LogP contribution in [0.25, 0.3) is 10.9 Å². The van der Waals surface area contributed by atoms with E-state index in [-0.39, 0.29) is 5.92 Å². The number of rotatable bonds is 2. The molecule has 3 nitrogen and oxygen atoms in total. The number of fused-ring (bicyclic) bond motifs is 1. The van der Waals surface area contributed by atoms with Gasteiger partial charge in [-0.2, -0.15) is 0 Å². The van der Waals surface area contributed by atoms with E-state index < -0.39 is 0 Å². The minimum absolute atomic E-state index is 0.268. The monoisotopic (exact) mass is 236 g/mol. The molecule has 84 valence electrons. The number of methoxy groups -OCH3 is 1. The lowest BCUT2D eigenvalue weighted by Gasteiger charge is -2.07. The zero-order chi connectivity index (χ0) is 11.7. The summed E-state index contributed by atoms with van der Waals surface area (Å²) in [5, 5.41) is 1.30. The molecule has 0 unspecified atom stereocenters. The molecule has 0 aliphatic heterocycles. The van der Waals surface area contributed by atoms with Gasteiger partial charge in [0.2, 0.25) is 0 Å². The second-order valence-electron chi connectivity index (χ2n) is 3.91. The Kier molecular flexibility index (Phi) is 2.97. The normalized spacial score (nSPS) is 11.1. The van der Waals surface area contributed by atoms with Gasteiger partial charge >= 0.3 is 0 Å². The highest BCUT2D eigenvalue weighted by molar-refractivity contribution is 6.34. The maximum Gasteiger partial charge on any atom is 0.140 e. The van der Waals surface area contributed by atoms with Gasteiger partial charge in [-0.3, -0.25) is 0 Å². The van der Waals surface area contributed by atoms with E-state index in [1.165, 1.54) is 0 Å². The van der Waals surface area contributed by atoms with E-state index >= 15 is 0 Å². The average Bonchev–Trinajstić information content (AvgIpc) is 2.28. The van der Waals surface area contributed by atoms with Crippen LogP contribution in [0, 0.1) is 0 Å². The van der Waals surface area contributed by atoms with Crippen molar-refractivity contribution in [1.29, 1.82) is 0 Å². The summed E-state index contributed by atoms with van der Waals surface area (Å²) >= 11 is 6.13. The Morgan fingerprint density at radius 3 is 2.62 bits per heavy atom. The van der Waals surface area contributed by atoms with Gasteiger partial charge in [0.15, 0.2) is 0 Å². The summed E-state index contributed by atoms with van der Waals surface area (Å²) in [5.41, 5.74) is 0.851. The fourth-order valence-corrected chi connectivity index (χ4v) is 1.71. The van der Waals surface area contributed by atoms with E-state index in [1.54, 1.807) is 7.11 Å². The highest BCUT2D eigenvalue weighted by Crippen LogP contribution is 2.26. The van der Waals surface area contributed by atoms with Crippen molar-refractivity contribution in [2.24, 2.45) is 0 Å². The summed E-state index contributed by atoms with van der Waals surface area (Å²) in [6, 6.07) is 5.62. The Morgan fingerprint density at radius 1 is 1.25 bits per heavy atom. The Hall–Kier alpha value is -1.35. The lowest BCUT2D eigenvalue weighted by Crippen LogP contribution is -1.98. The standard InChI is InChI=1S/C12H13ClN2O/c1-7(2)12-14-10-5-4-8(16-3)6-9(10)11(13)15-12/h4-7H,1-3H3. The van der Waals surface area contributed by atoms with Crippen LogP contribution in [0.5, 0.6) is 5.75 Å². The first kappa shape index (κ1) is 11.1. The molecule has 0 spiro atoms. The second kappa shape index (κ2) is 4.26. The molecule has 0 aliphatic carbocycles. The maximum atomic E-state index is 6.13. The van der Waals surface area contributed by atoms with Crippen LogP contribution in [-0.4, -0.2) is 17.1 Å². The summed E-state index contributed by atoms with van der Waals surface area (Å²) in [7, 11) is 1.62. The zero-order valence-electron chi connectivity index (χ0n) is 9.49. The van der Waals surface area contributed by atoms with Crippen LogP contribution in [0.15, 0.2) is 18.2 Å². The minimum Gasteiger partial charge on any atom is -0.497 e. The largest absolute Gasteiger partial charge is 0.497 e. The topological polar surface area (TPSA) is 35.0 Å². The van der Waals surface area contributed by atoms with Crippen LogP contribution in [0.1, 0.15) is 25.6 Å². The fraction of sp³-hybridized carbons (Fsp3) is 0.333. The molecule has 0 aliphatic rings. The van der Waals surface area contributed by atoms with Crippen LogP contribution < -0.4 is 4.74 Å². The van der Waals surface area contributed by atoms with Crippen LogP contribution in [0.4, 0.5) is 0 Å². The van der Waals surface area contributed by atoms with Gasteiger partial charge in [-0.1, -0.05) is 25.4 Å². The molecule has 0 saturated heterocycles. The number of hydrogen-bond donors (Lipinski definition) is 0. The highest BCUT2D eigenvalue weighted by atomic mass is 35.5. The Bertz CT molecular complexity index is 526. The molecule has 2 rings (SSSR count). The smallest absolute Gasteiger partial charge is 0.140 e. The Labute approximate surface area is 99.4 Å². The number of hydrogen-bond acceptors (Lipinski definition) is 3. The van der Waals surface area contributed by atoms with E-state index in [2.05, 4.69) is 9.97 Å². The third kappa shape index (κ3) is 1.95. The van der Waals surface area contributed by atoms with E-state index in [0.717, 1.165) is 22.5 Å². The highest BCUT2D eigenvalue weighted by Gasteiger charge is 2.09. The van der Waals surface area contributed by atoms with Crippen LogP contribution in [0.2, 0.25) is 5.15 Å². The molecule has 0 saturated carbocycles. The van der Waals surface area contributed by atoms with Crippen molar-refractivity contribution in [3.63, 3.8) is 0 Å². The van der Waals surface area contributed by atoms with Crippen molar-refractivity contribution in [2.45, 2.75) is 19.8 Å². The third-order valence-corrected chi connectivity index (χ3v) is 2.68. The number of ether oxygens (including phenoxy) is 1. The van der Waals surface area contributed by atoms with E-state index in [4.69, 9.17) is 16.3 Å². The van der Waals surface area contributed by atoms with Gasteiger partial charge in [-0.25, -0.2) is 9.97 Å². The SMILES string of the molecule is COc1ccc2nc(C(C)C)nc(Cl)c2c1. The molecular formula is C12H13ClN2O. The molecule has 0 atom stereocenters. The molecule has 1 aromatic carbocycles. The van der Waals surface area contributed by atoms with Gasteiger partial charge in [0.25, 0.3) is 0 Å². The van der Waals surface area contributed by atoms with E-state index in [0.29, 0.717) is 5.15 Å². The molecule has 1 aromatic heterocycles. The molecule has 16 heavy (non-hydrogen) atoms. The Morgan fingerprint density at radius 2 is 2.00 bits per heavy atom. The van der Waals surface area contributed by atoms with Gasteiger partial charge in [0.1, 0.15) is 16.7 Å². The van der Waals surface area contributed by atoms with Gasteiger partial charge in [-0.05, 0) is 18.2 Å². The molecule has 0 amide bonds. The number of benzene rings is 1. The summed E-state index contributed by atoms with van der Waals surface area (Å²) < 4.78 is 5.14. The summed E-state index contributed by atoms with van der Waals surface area (Å²) in [6.45, 7) is 4.09.